The summed E-state index contributed by atoms with van der Waals surface area (Å²) in [6.07, 6.45) is 1.98. The van der Waals surface area contributed by atoms with Gasteiger partial charge in [-0.15, -0.1) is 32.5 Å². The van der Waals surface area contributed by atoms with Crippen molar-refractivity contribution in [2.45, 2.75) is 38.7 Å². The van der Waals surface area contributed by atoms with Crippen molar-refractivity contribution in [3.63, 3.8) is 0 Å². The van der Waals surface area contributed by atoms with Gasteiger partial charge < -0.3 is 4.74 Å². The normalized spacial score (nSPS) is 21.3. The van der Waals surface area contributed by atoms with Crippen molar-refractivity contribution in [1.82, 2.24) is 28.4 Å². The SMILES string of the molecule is CC1CCN(S(=O)(=O)N2CCCC2)C(=O)C1c1nc(OCc2ccc(Cl)s2)n(C(=O)c2cscn2)n1. The van der Waals surface area contributed by atoms with Crippen molar-refractivity contribution < 1.29 is 22.7 Å². The monoisotopic (exact) mass is 570 g/mol. The summed E-state index contributed by atoms with van der Waals surface area (Å²) in [7, 11) is -3.94. The zero-order valence-corrected chi connectivity index (χ0v) is 22.4. The minimum atomic E-state index is -3.94. The Labute approximate surface area is 220 Å². The lowest BCUT2D eigenvalue weighted by Gasteiger charge is -2.36. The van der Waals surface area contributed by atoms with Crippen LogP contribution in [0.1, 0.15) is 53.3 Å². The Kier molecular flexibility index (Phi) is 7.14. The molecule has 3 aromatic rings. The molecule has 2 fully saturated rings. The van der Waals surface area contributed by atoms with Crippen LogP contribution in [0, 0.1) is 5.92 Å². The number of carbonyl (C=O) groups excluding carboxylic acids is 2. The van der Waals surface area contributed by atoms with Crippen molar-refractivity contribution in [3.8, 4) is 6.01 Å². The Morgan fingerprint density at radius 3 is 2.69 bits per heavy atom. The van der Waals surface area contributed by atoms with Gasteiger partial charge in [0.15, 0.2) is 5.82 Å². The summed E-state index contributed by atoms with van der Waals surface area (Å²) >= 11 is 8.58. The molecular formula is C21H23ClN6O5S3. The van der Waals surface area contributed by atoms with E-state index in [1.165, 1.54) is 32.5 Å². The number of rotatable bonds is 7. The molecule has 0 spiro atoms. The van der Waals surface area contributed by atoms with Gasteiger partial charge in [-0.1, -0.05) is 18.5 Å². The summed E-state index contributed by atoms with van der Waals surface area (Å²) in [5, 5.41) is 5.91. The molecule has 2 aliphatic rings. The van der Waals surface area contributed by atoms with E-state index in [-0.39, 0.29) is 36.6 Å². The molecule has 2 unspecified atom stereocenters. The number of aromatic nitrogens is 4. The highest BCUT2D eigenvalue weighted by atomic mass is 35.5. The molecule has 5 rings (SSSR count). The second kappa shape index (κ2) is 10.2. The minimum absolute atomic E-state index is 0.0385. The summed E-state index contributed by atoms with van der Waals surface area (Å²) in [5.74, 6) is -2.31. The standard InChI is InChI=1S/C21H23ClN6O5S3/c1-13-6-9-27(36(31,32)26-7-2-3-8-26)20(30)17(13)18-24-21(33-10-14-4-5-16(22)35-14)28(25-18)19(29)15-11-34-12-23-15/h4-5,11-13,17H,2-3,6-10H2,1H3. The van der Waals surface area contributed by atoms with E-state index in [2.05, 4.69) is 15.1 Å². The van der Waals surface area contributed by atoms with Crippen molar-refractivity contribution in [2.24, 2.45) is 5.92 Å². The van der Waals surface area contributed by atoms with Crippen LogP contribution in [0.2, 0.25) is 4.34 Å². The molecule has 1 amide bonds. The van der Waals surface area contributed by atoms with Crippen molar-refractivity contribution >= 4 is 56.3 Å². The van der Waals surface area contributed by atoms with Gasteiger partial charge in [-0.25, -0.2) is 9.29 Å². The highest BCUT2D eigenvalue weighted by Crippen LogP contribution is 2.35. The molecule has 2 atom stereocenters. The lowest BCUT2D eigenvalue weighted by atomic mass is 9.87. The third kappa shape index (κ3) is 4.79. The molecule has 0 N–H and O–H groups in total. The first-order chi connectivity index (χ1) is 17.3. The molecular weight excluding hydrogens is 548 g/mol. The largest absolute Gasteiger partial charge is 0.458 e. The molecule has 0 radical (unpaired) electrons. The van der Waals surface area contributed by atoms with Gasteiger partial charge in [0.05, 0.1) is 9.85 Å². The number of amides is 1. The number of hydrogen-bond donors (Lipinski definition) is 0. The Hall–Kier alpha value is -2.39. The first-order valence-electron chi connectivity index (χ1n) is 11.3. The van der Waals surface area contributed by atoms with Gasteiger partial charge in [-0.2, -0.15) is 17.7 Å². The Bertz CT molecular complexity index is 1370. The maximum absolute atomic E-state index is 13.5. The van der Waals surface area contributed by atoms with Gasteiger partial charge in [0.1, 0.15) is 18.2 Å². The molecule has 0 saturated carbocycles. The molecule has 5 heterocycles. The van der Waals surface area contributed by atoms with Crippen LogP contribution < -0.4 is 4.74 Å². The lowest BCUT2D eigenvalue weighted by Crippen LogP contribution is -2.51. The van der Waals surface area contributed by atoms with E-state index in [0.29, 0.717) is 23.8 Å². The van der Waals surface area contributed by atoms with Crippen LogP contribution in [0.4, 0.5) is 0 Å². The number of thiazole rings is 1. The van der Waals surface area contributed by atoms with Crippen molar-refractivity contribution in [1.29, 1.82) is 0 Å². The van der Waals surface area contributed by atoms with E-state index >= 15 is 0 Å². The van der Waals surface area contributed by atoms with Gasteiger partial charge in [-0.3, -0.25) is 9.59 Å². The second-order valence-corrected chi connectivity index (χ2v) is 13.0. The topological polar surface area (TPSA) is 128 Å². The van der Waals surface area contributed by atoms with Gasteiger partial charge in [0.25, 0.3) is 0 Å². The maximum atomic E-state index is 13.5. The van der Waals surface area contributed by atoms with Gasteiger partial charge >= 0.3 is 22.1 Å². The van der Waals surface area contributed by atoms with E-state index in [1.54, 1.807) is 17.5 Å². The molecule has 3 aromatic heterocycles. The van der Waals surface area contributed by atoms with Crippen LogP contribution in [0.3, 0.4) is 0 Å². The summed E-state index contributed by atoms with van der Waals surface area (Å²) in [6, 6.07) is 3.43. The van der Waals surface area contributed by atoms with Crippen LogP contribution in [0.5, 0.6) is 6.01 Å². The van der Waals surface area contributed by atoms with Gasteiger partial charge in [0.2, 0.25) is 5.91 Å². The fourth-order valence-electron chi connectivity index (χ4n) is 4.31. The average molecular weight is 571 g/mol. The predicted octanol–water partition coefficient (Wildman–Crippen LogP) is 3.01. The first-order valence-corrected chi connectivity index (χ1v) is 14.9. The van der Waals surface area contributed by atoms with Crippen LogP contribution >= 0.6 is 34.3 Å². The summed E-state index contributed by atoms with van der Waals surface area (Å²) in [4.78, 5) is 35.9. The molecule has 192 valence electrons. The Morgan fingerprint density at radius 2 is 2.03 bits per heavy atom. The number of thiophene rings is 1. The number of hydrogen-bond acceptors (Lipinski definition) is 10. The first kappa shape index (κ1) is 25.3. The van der Waals surface area contributed by atoms with Crippen molar-refractivity contribution in [3.05, 3.63) is 43.8 Å². The molecule has 0 aliphatic carbocycles. The fraction of sp³-hybridized carbons (Fsp3) is 0.476. The average Bonchev–Trinajstić information content (AvgIpc) is 3.65. The zero-order chi connectivity index (χ0) is 25.4. The molecule has 2 saturated heterocycles. The maximum Gasteiger partial charge on any atom is 0.323 e. The van der Waals surface area contributed by atoms with Crippen LogP contribution in [-0.4, -0.2) is 68.2 Å². The molecule has 2 aliphatic heterocycles. The second-order valence-electron chi connectivity index (χ2n) is 8.61. The Morgan fingerprint density at radius 1 is 1.25 bits per heavy atom. The van der Waals surface area contributed by atoms with E-state index in [1.807, 2.05) is 6.92 Å². The highest BCUT2D eigenvalue weighted by Gasteiger charge is 2.45. The highest BCUT2D eigenvalue weighted by molar-refractivity contribution is 7.87. The number of halogens is 1. The smallest absolute Gasteiger partial charge is 0.323 e. The molecule has 11 nitrogen and oxygen atoms in total. The third-order valence-corrected chi connectivity index (χ3v) is 9.95. The number of carbonyl (C=O) groups is 2. The molecule has 36 heavy (non-hydrogen) atoms. The van der Waals surface area contributed by atoms with Crippen LogP contribution in [-0.2, 0) is 21.6 Å². The van der Waals surface area contributed by atoms with Gasteiger partial charge in [-0.05, 0) is 37.3 Å². The summed E-state index contributed by atoms with van der Waals surface area (Å²) in [6.45, 7) is 2.82. The van der Waals surface area contributed by atoms with Crippen molar-refractivity contribution in [2.75, 3.05) is 19.6 Å². The number of nitrogens with zero attached hydrogens (tertiary/aromatic N) is 6. The molecule has 15 heteroatoms. The quantitative estimate of drug-likeness (QED) is 0.424. The summed E-state index contributed by atoms with van der Waals surface area (Å²) in [5.41, 5.74) is 1.68. The molecule has 0 aromatic carbocycles. The number of ether oxygens (including phenoxy) is 1. The Balaban J connectivity index is 1.47. The van der Waals surface area contributed by atoms with Crippen LogP contribution in [0.15, 0.2) is 23.0 Å². The number of piperidine rings is 1. The predicted molar refractivity (Wildman–Crippen MR) is 133 cm³/mol. The van der Waals surface area contributed by atoms with E-state index in [0.717, 1.165) is 26.7 Å². The van der Waals surface area contributed by atoms with E-state index in [9.17, 15) is 18.0 Å². The molecule has 0 bridgehead atoms. The van der Waals surface area contributed by atoms with Gasteiger partial charge in [0, 0.05) is 29.9 Å². The third-order valence-electron chi connectivity index (χ3n) is 6.23. The minimum Gasteiger partial charge on any atom is -0.458 e. The summed E-state index contributed by atoms with van der Waals surface area (Å²) < 4.78 is 36.0. The van der Waals surface area contributed by atoms with E-state index < -0.39 is 27.9 Å². The van der Waals surface area contributed by atoms with Crippen LogP contribution in [0.25, 0.3) is 0 Å². The lowest BCUT2D eigenvalue weighted by molar-refractivity contribution is -0.132. The fourth-order valence-corrected chi connectivity index (χ4v) is 7.51. The van der Waals surface area contributed by atoms with E-state index in [4.69, 9.17) is 16.3 Å². The zero-order valence-electron chi connectivity index (χ0n) is 19.2.